The molecule has 1 aromatic heterocycles. The molecule has 4 heterocycles. The second kappa shape index (κ2) is 10.4. The second-order valence-corrected chi connectivity index (χ2v) is 13.4. The average molecular weight is 599 g/mol. The Morgan fingerprint density at radius 3 is 2.65 bits per heavy atom. The highest BCUT2D eigenvalue weighted by atomic mass is 35.5. The SMILES string of the molecule is CC(C)(C)C[C@H]1N[C@@H](C(=O)N2CCOCC2)[C@H](c2cccc(-n3nnc4ccccc43)c2)[C@@]12C(=O)Nc1cc(Cl)ccc12. The number of hydrogen-bond acceptors (Lipinski definition) is 6. The molecule has 3 aliphatic heterocycles. The smallest absolute Gasteiger partial charge is 0.240 e. The fraction of sp³-hybridized carbons (Fsp3) is 0.394. The highest BCUT2D eigenvalue weighted by molar-refractivity contribution is 6.31. The van der Waals surface area contributed by atoms with E-state index in [1.54, 1.807) is 0 Å². The Balaban J connectivity index is 1.44. The summed E-state index contributed by atoms with van der Waals surface area (Å²) in [6, 6.07) is 20.5. The molecular formula is C33H35ClN6O3. The summed E-state index contributed by atoms with van der Waals surface area (Å²) in [6.45, 7) is 8.53. The van der Waals surface area contributed by atoms with Gasteiger partial charge in [0.2, 0.25) is 11.8 Å². The number of ether oxygens (including phenoxy) is 1. The van der Waals surface area contributed by atoms with Gasteiger partial charge < -0.3 is 20.3 Å². The Kier molecular flexibility index (Phi) is 6.80. The zero-order chi connectivity index (χ0) is 29.9. The predicted octanol–water partition coefficient (Wildman–Crippen LogP) is 4.68. The lowest BCUT2D eigenvalue weighted by atomic mass is 9.62. The summed E-state index contributed by atoms with van der Waals surface area (Å²) in [5.41, 5.74) is 3.75. The largest absolute Gasteiger partial charge is 0.378 e. The Morgan fingerprint density at radius 1 is 1.07 bits per heavy atom. The summed E-state index contributed by atoms with van der Waals surface area (Å²) >= 11 is 6.41. The number of carbonyl (C=O) groups is 2. The number of nitrogens with one attached hydrogen (secondary N) is 2. The first-order valence-electron chi connectivity index (χ1n) is 14.8. The van der Waals surface area contributed by atoms with Crippen LogP contribution in [-0.2, 0) is 19.7 Å². The molecule has 3 aromatic carbocycles. The molecule has 2 saturated heterocycles. The van der Waals surface area contributed by atoms with Crippen molar-refractivity contribution in [3.63, 3.8) is 0 Å². The summed E-state index contributed by atoms with van der Waals surface area (Å²) in [5, 5.41) is 16.2. The molecule has 0 saturated carbocycles. The Morgan fingerprint density at radius 2 is 1.86 bits per heavy atom. The van der Waals surface area contributed by atoms with Gasteiger partial charge in [0, 0.05) is 35.8 Å². The molecule has 222 valence electrons. The highest BCUT2D eigenvalue weighted by Crippen LogP contribution is 2.57. The van der Waals surface area contributed by atoms with Crippen LogP contribution < -0.4 is 10.6 Å². The van der Waals surface area contributed by atoms with Crippen LogP contribution in [0.3, 0.4) is 0 Å². The molecule has 9 nitrogen and oxygen atoms in total. The maximum absolute atomic E-state index is 14.5. The lowest BCUT2D eigenvalue weighted by molar-refractivity contribution is -0.137. The number of fused-ring (bicyclic) bond motifs is 3. The van der Waals surface area contributed by atoms with Crippen LogP contribution in [0.4, 0.5) is 5.69 Å². The van der Waals surface area contributed by atoms with Gasteiger partial charge in [-0.15, -0.1) is 5.10 Å². The zero-order valence-electron chi connectivity index (χ0n) is 24.5. The van der Waals surface area contributed by atoms with Gasteiger partial charge in [-0.2, -0.15) is 0 Å². The van der Waals surface area contributed by atoms with Gasteiger partial charge in [-0.3, -0.25) is 9.59 Å². The van der Waals surface area contributed by atoms with Crippen LogP contribution in [0.1, 0.15) is 44.2 Å². The minimum atomic E-state index is -1.05. The van der Waals surface area contributed by atoms with Crippen LogP contribution in [0.2, 0.25) is 5.02 Å². The molecule has 2 fully saturated rings. The number of hydrogen-bond donors (Lipinski definition) is 2. The van der Waals surface area contributed by atoms with Crippen molar-refractivity contribution in [3.8, 4) is 5.69 Å². The number of aromatic nitrogens is 3. The monoisotopic (exact) mass is 598 g/mol. The number of para-hydroxylation sites is 1. The molecule has 7 rings (SSSR count). The van der Waals surface area contributed by atoms with Crippen molar-refractivity contribution < 1.29 is 14.3 Å². The maximum atomic E-state index is 14.5. The second-order valence-electron chi connectivity index (χ2n) is 13.0. The topological polar surface area (TPSA) is 101 Å². The van der Waals surface area contributed by atoms with Crippen LogP contribution in [0.15, 0.2) is 66.7 Å². The summed E-state index contributed by atoms with van der Waals surface area (Å²) in [4.78, 5) is 30.8. The third kappa shape index (κ3) is 4.61. The number of benzene rings is 3. The number of amides is 2. The summed E-state index contributed by atoms with van der Waals surface area (Å²) < 4.78 is 7.37. The Labute approximate surface area is 255 Å². The number of anilines is 1. The van der Waals surface area contributed by atoms with E-state index in [-0.39, 0.29) is 23.3 Å². The average Bonchev–Trinajstić information content (AvgIpc) is 3.65. The van der Waals surface area contributed by atoms with E-state index >= 15 is 0 Å². The standard InChI is InChI=1S/C33H35ClN6O3/c1-32(2,3)19-27-33(23-12-11-21(34)18-25(23)35-31(33)42)28(29(36-27)30(41)39-13-15-43-16-14-39)20-7-6-8-22(17-20)40-26-10-5-4-9-24(26)37-38-40/h4-12,17-18,27-29,36H,13-16,19H2,1-3H3,(H,35,42)/t27-,28+,29-,33+/m1/s1. The number of rotatable bonds is 4. The fourth-order valence-corrected chi connectivity index (χ4v) is 7.47. The van der Waals surface area contributed by atoms with E-state index in [0.29, 0.717) is 43.4 Å². The van der Waals surface area contributed by atoms with E-state index in [9.17, 15) is 9.59 Å². The molecule has 43 heavy (non-hydrogen) atoms. The summed E-state index contributed by atoms with van der Waals surface area (Å²) in [6.07, 6.45) is 0.680. The van der Waals surface area contributed by atoms with Crippen molar-refractivity contribution >= 4 is 40.1 Å². The van der Waals surface area contributed by atoms with Crippen molar-refractivity contribution in [3.05, 3.63) is 82.9 Å². The van der Waals surface area contributed by atoms with E-state index in [2.05, 4.69) is 47.8 Å². The van der Waals surface area contributed by atoms with E-state index in [4.69, 9.17) is 16.3 Å². The molecule has 0 radical (unpaired) electrons. The van der Waals surface area contributed by atoms with Crippen molar-refractivity contribution in [2.24, 2.45) is 5.41 Å². The van der Waals surface area contributed by atoms with E-state index in [0.717, 1.165) is 27.8 Å². The lowest BCUT2D eigenvalue weighted by Gasteiger charge is -2.38. The number of halogens is 1. The van der Waals surface area contributed by atoms with Gasteiger partial charge in [0.1, 0.15) is 10.9 Å². The predicted molar refractivity (Wildman–Crippen MR) is 166 cm³/mol. The molecule has 0 aliphatic carbocycles. The fourth-order valence-electron chi connectivity index (χ4n) is 7.30. The van der Waals surface area contributed by atoms with Crippen LogP contribution in [0, 0.1) is 5.41 Å². The molecule has 0 unspecified atom stereocenters. The molecule has 2 amide bonds. The molecule has 2 N–H and O–H groups in total. The molecule has 3 aliphatic rings. The van der Waals surface area contributed by atoms with Gasteiger partial charge in [0.05, 0.1) is 30.5 Å². The van der Waals surface area contributed by atoms with E-state index < -0.39 is 17.4 Å². The van der Waals surface area contributed by atoms with Gasteiger partial charge >= 0.3 is 0 Å². The molecular weight excluding hydrogens is 564 g/mol. The van der Waals surface area contributed by atoms with Crippen molar-refractivity contribution in [1.29, 1.82) is 0 Å². The van der Waals surface area contributed by atoms with Gasteiger partial charge in [-0.25, -0.2) is 4.68 Å². The lowest BCUT2D eigenvalue weighted by Crippen LogP contribution is -2.51. The first kappa shape index (κ1) is 28.0. The van der Waals surface area contributed by atoms with Gasteiger partial charge in [0.25, 0.3) is 0 Å². The molecule has 1 spiro atoms. The van der Waals surface area contributed by atoms with E-state index in [1.165, 1.54) is 0 Å². The first-order valence-corrected chi connectivity index (χ1v) is 15.2. The Bertz CT molecular complexity index is 1730. The zero-order valence-corrected chi connectivity index (χ0v) is 25.3. The van der Waals surface area contributed by atoms with Gasteiger partial charge in [-0.1, -0.05) is 67.9 Å². The van der Waals surface area contributed by atoms with Crippen LogP contribution in [-0.4, -0.2) is 70.1 Å². The highest BCUT2D eigenvalue weighted by Gasteiger charge is 2.66. The molecule has 10 heteroatoms. The summed E-state index contributed by atoms with van der Waals surface area (Å²) in [7, 11) is 0. The maximum Gasteiger partial charge on any atom is 0.240 e. The molecule has 4 aromatic rings. The van der Waals surface area contributed by atoms with Gasteiger partial charge in [-0.05, 0) is 59.4 Å². The number of carbonyl (C=O) groups excluding carboxylic acids is 2. The van der Waals surface area contributed by atoms with E-state index in [1.807, 2.05) is 70.2 Å². The molecule has 4 atom stereocenters. The van der Waals surface area contributed by atoms with Gasteiger partial charge in [0.15, 0.2) is 0 Å². The van der Waals surface area contributed by atoms with Crippen LogP contribution in [0.5, 0.6) is 0 Å². The Hall–Kier alpha value is -3.79. The quantitative estimate of drug-likeness (QED) is 0.354. The summed E-state index contributed by atoms with van der Waals surface area (Å²) in [5.74, 6) is -0.645. The van der Waals surface area contributed by atoms with Crippen molar-refractivity contribution in [1.82, 2.24) is 25.2 Å². The third-order valence-electron chi connectivity index (χ3n) is 9.04. The number of morpholine rings is 1. The normalized spacial score (nSPS) is 25.3. The molecule has 0 bridgehead atoms. The first-order chi connectivity index (χ1) is 20.7. The minimum Gasteiger partial charge on any atom is -0.378 e. The number of nitrogens with zero attached hydrogens (tertiary/aromatic N) is 4. The van der Waals surface area contributed by atoms with Crippen LogP contribution >= 0.6 is 11.6 Å². The van der Waals surface area contributed by atoms with Crippen molar-refractivity contribution in [2.45, 2.75) is 50.6 Å². The minimum absolute atomic E-state index is 0.0177. The third-order valence-corrected chi connectivity index (χ3v) is 9.27. The van der Waals surface area contributed by atoms with Crippen LogP contribution in [0.25, 0.3) is 16.7 Å². The van der Waals surface area contributed by atoms with Crippen molar-refractivity contribution in [2.75, 3.05) is 31.6 Å².